The molecule has 0 aliphatic carbocycles. The molecule has 14 heavy (non-hydrogen) atoms. The van der Waals surface area contributed by atoms with Crippen LogP contribution in [0, 0.1) is 0 Å². The van der Waals surface area contributed by atoms with Crippen molar-refractivity contribution >= 4 is 11.6 Å². The van der Waals surface area contributed by atoms with E-state index < -0.39 is 0 Å². The molecule has 0 saturated carbocycles. The first-order valence-corrected chi connectivity index (χ1v) is 4.85. The Labute approximate surface area is 83.1 Å². The second-order valence-corrected chi connectivity index (χ2v) is 3.42. The summed E-state index contributed by atoms with van der Waals surface area (Å²) in [4.78, 5) is 11.0. The van der Waals surface area contributed by atoms with Crippen LogP contribution in [0.3, 0.4) is 0 Å². The van der Waals surface area contributed by atoms with Crippen LogP contribution in [-0.2, 0) is 11.2 Å². The van der Waals surface area contributed by atoms with E-state index in [0.717, 1.165) is 24.3 Å². The topological polar surface area (TPSA) is 38.3 Å². The molecule has 0 saturated heterocycles. The van der Waals surface area contributed by atoms with Crippen LogP contribution in [0.1, 0.15) is 18.9 Å². The average molecular weight is 191 g/mol. The minimum atomic E-state index is -0.0826. The van der Waals surface area contributed by atoms with Crippen molar-refractivity contribution in [2.45, 2.75) is 19.8 Å². The summed E-state index contributed by atoms with van der Waals surface area (Å²) in [7, 11) is 0. The van der Waals surface area contributed by atoms with E-state index in [1.165, 1.54) is 5.56 Å². The average Bonchev–Trinajstić information content (AvgIpc) is 2.19. The largest absolute Gasteiger partial charge is 0.482 e. The summed E-state index contributed by atoms with van der Waals surface area (Å²) in [5, 5.41) is 2.77. The van der Waals surface area contributed by atoms with Gasteiger partial charge in [-0.25, -0.2) is 0 Å². The van der Waals surface area contributed by atoms with Gasteiger partial charge in [0.15, 0.2) is 6.61 Å². The SMILES string of the molecule is CCCc1ccc2c(c1)OCC(=O)N2. The number of hydrogen-bond acceptors (Lipinski definition) is 2. The molecule has 1 aliphatic rings. The molecule has 1 N–H and O–H groups in total. The van der Waals surface area contributed by atoms with E-state index in [4.69, 9.17) is 4.74 Å². The van der Waals surface area contributed by atoms with Gasteiger partial charge in [-0.15, -0.1) is 0 Å². The first kappa shape index (κ1) is 9.06. The van der Waals surface area contributed by atoms with Crippen LogP contribution in [0.2, 0.25) is 0 Å². The highest BCUT2D eigenvalue weighted by molar-refractivity contribution is 5.95. The number of fused-ring (bicyclic) bond motifs is 1. The zero-order chi connectivity index (χ0) is 9.97. The Balaban J connectivity index is 2.26. The van der Waals surface area contributed by atoms with Gasteiger partial charge in [0.05, 0.1) is 5.69 Å². The van der Waals surface area contributed by atoms with E-state index in [0.29, 0.717) is 0 Å². The zero-order valence-corrected chi connectivity index (χ0v) is 8.17. The van der Waals surface area contributed by atoms with Crippen LogP contribution in [0.15, 0.2) is 18.2 Å². The van der Waals surface area contributed by atoms with Crippen LogP contribution in [0.5, 0.6) is 5.75 Å². The lowest BCUT2D eigenvalue weighted by molar-refractivity contribution is -0.118. The van der Waals surface area contributed by atoms with E-state index in [9.17, 15) is 4.79 Å². The third kappa shape index (κ3) is 1.71. The number of hydrogen-bond donors (Lipinski definition) is 1. The van der Waals surface area contributed by atoms with Gasteiger partial charge < -0.3 is 10.1 Å². The smallest absolute Gasteiger partial charge is 0.262 e. The van der Waals surface area contributed by atoms with E-state index in [1.54, 1.807) is 0 Å². The number of amides is 1. The first-order chi connectivity index (χ1) is 6.79. The molecule has 0 fully saturated rings. The summed E-state index contributed by atoms with van der Waals surface area (Å²) >= 11 is 0. The Hall–Kier alpha value is -1.51. The van der Waals surface area contributed by atoms with Gasteiger partial charge in [-0.1, -0.05) is 19.4 Å². The van der Waals surface area contributed by atoms with Crippen molar-refractivity contribution in [3.05, 3.63) is 23.8 Å². The van der Waals surface area contributed by atoms with Crippen molar-refractivity contribution in [1.82, 2.24) is 0 Å². The number of carbonyl (C=O) groups is 1. The molecule has 0 unspecified atom stereocenters. The molecule has 74 valence electrons. The molecule has 1 aromatic carbocycles. The summed E-state index contributed by atoms with van der Waals surface area (Å²) in [6, 6.07) is 5.92. The summed E-state index contributed by atoms with van der Waals surface area (Å²) in [5.74, 6) is 0.705. The number of ether oxygens (including phenoxy) is 1. The van der Waals surface area contributed by atoms with Gasteiger partial charge >= 0.3 is 0 Å². The monoisotopic (exact) mass is 191 g/mol. The van der Waals surface area contributed by atoms with Gasteiger partial charge in [0.2, 0.25) is 0 Å². The Morgan fingerprint density at radius 3 is 3.14 bits per heavy atom. The zero-order valence-electron chi connectivity index (χ0n) is 8.17. The minimum Gasteiger partial charge on any atom is -0.482 e. The maximum atomic E-state index is 11.0. The number of aryl methyl sites for hydroxylation is 1. The molecule has 3 nitrogen and oxygen atoms in total. The van der Waals surface area contributed by atoms with E-state index in [-0.39, 0.29) is 12.5 Å². The number of rotatable bonds is 2. The van der Waals surface area contributed by atoms with E-state index >= 15 is 0 Å². The second kappa shape index (κ2) is 3.70. The molecule has 2 rings (SSSR count). The van der Waals surface area contributed by atoms with Crippen LogP contribution in [0.25, 0.3) is 0 Å². The lowest BCUT2D eigenvalue weighted by Crippen LogP contribution is -2.25. The standard InChI is InChI=1S/C11H13NO2/c1-2-3-8-4-5-9-10(6-8)14-7-11(13)12-9/h4-6H,2-3,7H2,1H3,(H,12,13). The predicted molar refractivity (Wildman–Crippen MR) is 54.6 cm³/mol. The third-order valence-electron chi connectivity index (χ3n) is 2.22. The summed E-state index contributed by atoms with van der Waals surface area (Å²) in [5.41, 5.74) is 2.03. The van der Waals surface area contributed by atoms with E-state index in [1.807, 2.05) is 18.2 Å². The molecule has 0 atom stereocenters. The molecule has 1 amide bonds. The fraction of sp³-hybridized carbons (Fsp3) is 0.364. The van der Waals surface area contributed by atoms with Gasteiger partial charge in [0, 0.05) is 0 Å². The highest BCUT2D eigenvalue weighted by atomic mass is 16.5. The summed E-state index contributed by atoms with van der Waals surface area (Å²) in [6.07, 6.45) is 2.16. The van der Waals surface area contributed by atoms with Crippen molar-refractivity contribution in [3.63, 3.8) is 0 Å². The highest BCUT2D eigenvalue weighted by Crippen LogP contribution is 2.28. The minimum absolute atomic E-state index is 0.0826. The second-order valence-electron chi connectivity index (χ2n) is 3.42. The van der Waals surface area contributed by atoms with Gasteiger partial charge in [-0.3, -0.25) is 4.79 Å². The lowest BCUT2D eigenvalue weighted by atomic mass is 10.1. The molecular formula is C11H13NO2. The van der Waals surface area contributed by atoms with Gasteiger partial charge in [-0.05, 0) is 24.1 Å². The Kier molecular flexibility index (Phi) is 2.39. The summed E-state index contributed by atoms with van der Waals surface area (Å²) < 4.78 is 5.31. The molecule has 0 bridgehead atoms. The van der Waals surface area contributed by atoms with Crippen molar-refractivity contribution in [1.29, 1.82) is 0 Å². The molecule has 0 radical (unpaired) electrons. The first-order valence-electron chi connectivity index (χ1n) is 4.85. The normalized spacial score (nSPS) is 14.2. The van der Waals surface area contributed by atoms with Crippen LogP contribution < -0.4 is 10.1 Å². The third-order valence-corrected chi connectivity index (χ3v) is 2.22. The van der Waals surface area contributed by atoms with Gasteiger partial charge in [-0.2, -0.15) is 0 Å². The van der Waals surface area contributed by atoms with Crippen molar-refractivity contribution in [2.75, 3.05) is 11.9 Å². The predicted octanol–water partition coefficient (Wildman–Crippen LogP) is 1.97. The maximum Gasteiger partial charge on any atom is 0.262 e. The van der Waals surface area contributed by atoms with Crippen LogP contribution in [-0.4, -0.2) is 12.5 Å². The van der Waals surface area contributed by atoms with E-state index in [2.05, 4.69) is 12.2 Å². The maximum absolute atomic E-state index is 11.0. The fourth-order valence-electron chi connectivity index (χ4n) is 1.56. The molecule has 1 aliphatic heterocycles. The Morgan fingerprint density at radius 1 is 1.50 bits per heavy atom. The van der Waals surface area contributed by atoms with Crippen LogP contribution in [0.4, 0.5) is 5.69 Å². The quantitative estimate of drug-likeness (QED) is 0.776. The highest BCUT2D eigenvalue weighted by Gasteiger charge is 2.15. The number of benzene rings is 1. The van der Waals surface area contributed by atoms with Gasteiger partial charge in [0.1, 0.15) is 5.75 Å². The van der Waals surface area contributed by atoms with Crippen molar-refractivity contribution < 1.29 is 9.53 Å². The van der Waals surface area contributed by atoms with Gasteiger partial charge in [0.25, 0.3) is 5.91 Å². The fourth-order valence-corrected chi connectivity index (χ4v) is 1.56. The molecule has 0 aromatic heterocycles. The molecule has 1 heterocycles. The van der Waals surface area contributed by atoms with Crippen LogP contribution >= 0.6 is 0 Å². The summed E-state index contributed by atoms with van der Waals surface area (Å²) in [6.45, 7) is 2.27. The molecular weight excluding hydrogens is 178 g/mol. The Bertz CT molecular complexity index is 360. The number of nitrogens with one attached hydrogen (secondary N) is 1. The molecule has 1 aromatic rings. The Morgan fingerprint density at radius 2 is 2.36 bits per heavy atom. The van der Waals surface area contributed by atoms with Crippen molar-refractivity contribution in [2.24, 2.45) is 0 Å². The molecule has 0 spiro atoms. The lowest BCUT2D eigenvalue weighted by Gasteiger charge is -2.18. The number of anilines is 1. The number of carbonyl (C=O) groups excluding carboxylic acids is 1. The molecule has 3 heteroatoms. The van der Waals surface area contributed by atoms with Crippen molar-refractivity contribution in [3.8, 4) is 5.75 Å².